The lowest BCUT2D eigenvalue weighted by Gasteiger charge is -2.03. The normalized spacial score (nSPS) is 10.5. The van der Waals surface area contributed by atoms with Crippen LogP contribution in [0.5, 0.6) is 0 Å². The maximum Gasteiger partial charge on any atom is 0.228 e. The first-order valence-corrected chi connectivity index (χ1v) is 6.97. The fourth-order valence-corrected chi connectivity index (χ4v) is 1.95. The number of hydrogen-bond acceptors (Lipinski definition) is 1. The van der Waals surface area contributed by atoms with Gasteiger partial charge in [-0.3, -0.25) is 0 Å². The van der Waals surface area contributed by atoms with Crippen molar-refractivity contribution in [3.05, 3.63) is 64.1 Å². The number of halogens is 2. The summed E-state index contributed by atoms with van der Waals surface area (Å²) in [6.07, 6.45) is 1.74. The number of anilines is 1. The van der Waals surface area contributed by atoms with Crippen molar-refractivity contribution < 1.29 is 5.10 Å². The van der Waals surface area contributed by atoms with Crippen LogP contribution in [0.4, 0.5) is 5.69 Å². The molecule has 0 aliphatic carbocycles. The molecule has 0 heterocycles. The molecule has 0 aliphatic rings. The average molecular weight is 325 g/mol. The Labute approximate surface area is 132 Å². The first-order chi connectivity index (χ1) is 9.65. The molecule has 3 N–H and O–H groups in total. The van der Waals surface area contributed by atoms with Crippen LogP contribution in [0.25, 0.3) is 0 Å². The fourth-order valence-electron chi connectivity index (χ4n) is 1.47. The van der Waals surface area contributed by atoms with Gasteiger partial charge in [-0.05, 0) is 42.5 Å². The Hall–Kier alpha value is -1.62. The van der Waals surface area contributed by atoms with Crippen molar-refractivity contribution in [3.63, 3.8) is 0 Å². The molecule has 0 aliphatic heterocycles. The van der Waals surface area contributed by atoms with E-state index in [1.165, 1.54) is 0 Å². The number of hydrazine groups is 1. The lowest BCUT2D eigenvalue weighted by Crippen LogP contribution is -2.82. The molecule has 6 heteroatoms. The van der Waals surface area contributed by atoms with Crippen LogP contribution in [-0.2, 0) is 0 Å². The van der Waals surface area contributed by atoms with E-state index in [0.29, 0.717) is 15.2 Å². The molecule has 0 amide bonds. The summed E-state index contributed by atoms with van der Waals surface area (Å²) in [6, 6.07) is 15.0. The van der Waals surface area contributed by atoms with Gasteiger partial charge in [0.2, 0.25) is 5.11 Å². The standard InChI is InChI=1S/C14H11Cl2N3S/c15-12-7-6-10(8-13(12)16)9-17-19-14(20)18-11-4-2-1-3-5-11/h1-9H,(H2,18,19,20)/p+1. The second-order valence-electron chi connectivity index (χ2n) is 3.91. The maximum atomic E-state index is 5.92. The number of hydrogen-bond donors (Lipinski definition) is 3. The van der Waals surface area contributed by atoms with Crippen LogP contribution in [-0.4, -0.2) is 11.3 Å². The van der Waals surface area contributed by atoms with Gasteiger partial charge in [0.05, 0.1) is 10.0 Å². The number of thiocarbonyl (C=S) groups is 1. The van der Waals surface area contributed by atoms with Crippen molar-refractivity contribution in [2.45, 2.75) is 0 Å². The van der Waals surface area contributed by atoms with Gasteiger partial charge in [-0.1, -0.05) is 41.4 Å². The van der Waals surface area contributed by atoms with Crippen LogP contribution in [0.2, 0.25) is 10.0 Å². The Morgan fingerprint density at radius 1 is 1.05 bits per heavy atom. The zero-order valence-corrected chi connectivity index (χ0v) is 12.7. The van der Waals surface area contributed by atoms with E-state index >= 15 is 0 Å². The monoisotopic (exact) mass is 324 g/mol. The van der Waals surface area contributed by atoms with Crippen molar-refractivity contribution >= 4 is 52.4 Å². The summed E-state index contributed by atoms with van der Waals surface area (Å²) in [4.78, 5) is 0. The van der Waals surface area contributed by atoms with E-state index in [0.717, 1.165) is 11.3 Å². The number of benzene rings is 2. The van der Waals surface area contributed by atoms with Crippen LogP contribution in [0.15, 0.2) is 48.5 Å². The van der Waals surface area contributed by atoms with Gasteiger partial charge in [-0.2, -0.15) is 0 Å². The summed E-state index contributed by atoms with van der Waals surface area (Å²) in [5.41, 5.74) is 4.65. The lowest BCUT2D eigenvalue weighted by atomic mass is 10.2. The van der Waals surface area contributed by atoms with Gasteiger partial charge in [0.1, 0.15) is 0 Å². The molecule has 3 nitrogen and oxygen atoms in total. The quantitative estimate of drug-likeness (QED) is 0.461. The van der Waals surface area contributed by atoms with E-state index in [9.17, 15) is 0 Å². The molecule has 2 aromatic rings. The molecule has 2 aromatic carbocycles. The molecular formula is C14H12Cl2N3S+. The summed E-state index contributed by atoms with van der Waals surface area (Å²) < 4.78 is 0. The summed E-state index contributed by atoms with van der Waals surface area (Å²) in [5.74, 6) is 0. The number of hydrazone groups is 1. The third kappa shape index (κ3) is 4.49. The molecule has 2 rings (SSSR count). The predicted octanol–water partition coefficient (Wildman–Crippen LogP) is 2.39. The third-order valence-corrected chi connectivity index (χ3v) is 3.34. The molecule has 0 unspecified atom stereocenters. The molecule has 20 heavy (non-hydrogen) atoms. The minimum atomic E-state index is 0.465. The largest absolute Gasteiger partial charge is 0.328 e. The predicted molar refractivity (Wildman–Crippen MR) is 88.4 cm³/mol. The van der Waals surface area contributed by atoms with Crippen LogP contribution in [0.3, 0.4) is 0 Å². The highest BCUT2D eigenvalue weighted by Gasteiger charge is 2.00. The van der Waals surface area contributed by atoms with Crippen molar-refractivity contribution in [1.29, 1.82) is 0 Å². The Balaban J connectivity index is 1.89. The zero-order chi connectivity index (χ0) is 14.4. The molecule has 0 bridgehead atoms. The van der Waals surface area contributed by atoms with Crippen molar-refractivity contribution in [2.75, 3.05) is 5.32 Å². The van der Waals surface area contributed by atoms with Crippen LogP contribution < -0.4 is 15.8 Å². The Kier molecular flexibility index (Phi) is 5.35. The first-order valence-electron chi connectivity index (χ1n) is 5.81. The Bertz CT molecular complexity index is 630. The summed E-state index contributed by atoms with van der Waals surface area (Å²) >= 11 is 16.9. The van der Waals surface area contributed by atoms with E-state index in [2.05, 4.69) is 15.8 Å². The van der Waals surface area contributed by atoms with Gasteiger partial charge in [-0.15, -0.1) is 10.5 Å². The topological polar surface area (TPSA) is 38.0 Å². The van der Waals surface area contributed by atoms with E-state index in [1.807, 2.05) is 36.4 Å². The molecule has 0 saturated heterocycles. The van der Waals surface area contributed by atoms with E-state index in [1.54, 1.807) is 18.3 Å². The SMILES string of the molecule is S=C(N[NH+]=Cc1ccc(Cl)c(Cl)c1)Nc1ccccc1. The summed E-state index contributed by atoms with van der Waals surface area (Å²) in [6.45, 7) is 0. The highest BCUT2D eigenvalue weighted by Crippen LogP contribution is 2.21. The second-order valence-corrected chi connectivity index (χ2v) is 5.13. The Morgan fingerprint density at radius 3 is 2.50 bits per heavy atom. The minimum Gasteiger partial charge on any atom is -0.328 e. The average Bonchev–Trinajstić information content (AvgIpc) is 2.44. The number of nitrogens with one attached hydrogen (secondary N) is 3. The fraction of sp³-hybridized carbons (Fsp3) is 0. The van der Waals surface area contributed by atoms with Gasteiger partial charge < -0.3 is 5.32 Å². The molecule has 0 aromatic heterocycles. The summed E-state index contributed by atoms with van der Waals surface area (Å²) in [5, 5.41) is 7.43. The van der Waals surface area contributed by atoms with E-state index in [4.69, 9.17) is 35.4 Å². The van der Waals surface area contributed by atoms with Gasteiger partial charge in [0.25, 0.3) is 0 Å². The van der Waals surface area contributed by atoms with Crippen LogP contribution in [0, 0.1) is 0 Å². The molecule has 0 radical (unpaired) electrons. The molecule has 0 atom stereocenters. The molecule has 0 fully saturated rings. The van der Waals surface area contributed by atoms with Gasteiger partial charge >= 0.3 is 0 Å². The van der Waals surface area contributed by atoms with Gasteiger partial charge in [-0.25, -0.2) is 0 Å². The third-order valence-electron chi connectivity index (χ3n) is 2.40. The zero-order valence-electron chi connectivity index (χ0n) is 10.4. The second kappa shape index (κ2) is 7.24. The lowest BCUT2D eigenvalue weighted by molar-refractivity contribution is -0.499. The van der Waals surface area contributed by atoms with Crippen LogP contribution in [0.1, 0.15) is 5.56 Å². The Morgan fingerprint density at radius 2 is 1.80 bits per heavy atom. The van der Waals surface area contributed by atoms with Crippen molar-refractivity contribution in [2.24, 2.45) is 0 Å². The first kappa shape index (κ1) is 14.8. The van der Waals surface area contributed by atoms with Gasteiger partial charge in [0.15, 0.2) is 6.21 Å². The van der Waals surface area contributed by atoms with Gasteiger partial charge in [0, 0.05) is 11.3 Å². The van der Waals surface area contributed by atoms with E-state index in [-0.39, 0.29) is 0 Å². The minimum absolute atomic E-state index is 0.465. The highest BCUT2D eigenvalue weighted by atomic mass is 35.5. The van der Waals surface area contributed by atoms with Crippen molar-refractivity contribution in [1.82, 2.24) is 5.43 Å². The van der Waals surface area contributed by atoms with E-state index < -0.39 is 0 Å². The molecule has 102 valence electrons. The van der Waals surface area contributed by atoms with Crippen molar-refractivity contribution in [3.8, 4) is 0 Å². The highest BCUT2D eigenvalue weighted by molar-refractivity contribution is 7.80. The molecular weight excluding hydrogens is 313 g/mol. The molecule has 0 spiro atoms. The van der Waals surface area contributed by atoms with Crippen LogP contribution >= 0.6 is 35.4 Å². The number of rotatable bonds is 3. The maximum absolute atomic E-state index is 5.92. The molecule has 0 saturated carbocycles. The smallest absolute Gasteiger partial charge is 0.228 e. The summed E-state index contributed by atoms with van der Waals surface area (Å²) in [7, 11) is 0. The number of para-hydroxylation sites is 1.